The van der Waals surface area contributed by atoms with E-state index in [-0.39, 0.29) is 23.5 Å². The summed E-state index contributed by atoms with van der Waals surface area (Å²) in [7, 11) is 0. The maximum atomic E-state index is 12.6. The van der Waals surface area contributed by atoms with Crippen molar-refractivity contribution < 1.29 is 22.8 Å². The summed E-state index contributed by atoms with van der Waals surface area (Å²) in [6.07, 6.45) is 1.03. The monoisotopic (exact) mass is 415 g/mol. The molecule has 2 saturated heterocycles. The van der Waals surface area contributed by atoms with E-state index in [1.54, 1.807) is 4.90 Å². The Bertz CT molecular complexity index is 683. The summed E-state index contributed by atoms with van der Waals surface area (Å²) in [4.78, 5) is 32.4. The van der Waals surface area contributed by atoms with Gasteiger partial charge in [-0.15, -0.1) is 0 Å². The molecule has 0 aliphatic carbocycles. The molecule has 2 aliphatic rings. The molecule has 0 unspecified atom stereocenters. The molecule has 2 fully saturated rings. The molecule has 154 valence electrons. The lowest BCUT2D eigenvalue weighted by Gasteiger charge is -2.35. The number of hydrogen-bond donors (Lipinski definition) is 0. The minimum Gasteiger partial charge on any atom is -0.342 e. The van der Waals surface area contributed by atoms with Crippen molar-refractivity contribution in [2.45, 2.75) is 43.3 Å². The van der Waals surface area contributed by atoms with Crippen LogP contribution in [-0.2, 0) is 15.8 Å². The van der Waals surface area contributed by atoms with Gasteiger partial charge in [0.2, 0.25) is 11.8 Å². The van der Waals surface area contributed by atoms with E-state index in [2.05, 4.69) is 4.98 Å². The van der Waals surface area contributed by atoms with Gasteiger partial charge < -0.3 is 9.80 Å². The van der Waals surface area contributed by atoms with Crippen LogP contribution in [-0.4, -0.2) is 58.5 Å². The Morgan fingerprint density at radius 1 is 1.04 bits per heavy atom. The van der Waals surface area contributed by atoms with Crippen LogP contribution in [0.3, 0.4) is 0 Å². The van der Waals surface area contributed by atoms with Crippen molar-refractivity contribution in [2.75, 3.05) is 31.9 Å². The number of thioether (sulfide) groups is 1. The second-order valence-electron chi connectivity index (χ2n) is 7.21. The number of nitrogens with zero attached hydrogens (tertiary/aromatic N) is 3. The number of carbonyl (C=O) groups excluding carboxylic acids is 2. The highest BCUT2D eigenvalue weighted by molar-refractivity contribution is 7.99. The number of pyridine rings is 1. The van der Waals surface area contributed by atoms with Crippen molar-refractivity contribution in [2.24, 2.45) is 5.92 Å². The number of piperidine rings is 2. The maximum Gasteiger partial charge on any atom is 0.417 e. The maximum absolute atomic E-state index is 12.6. The van der Waals surface area contributed by atoms with E-state index in [0.29, 0.717) is 31.0 Å². The highest BCUT2D eigenvalue weighted by atomic mass is 32.2. The van der Waals surface area contributed by atoms with Crippen LogP contribution in [0.25, 0.3) is 0 Å². The van der Waals surface area contributed by atoms with Gasteiger partial charge >= 0.3 is 6.18 Å². The number of amides is 2. The molecule has 0 N–H and O–H groups in total. The van der Waals surface area contributed by atoms with Gasteiger partial charge in [-0.25, -0.2) is 4.98 Å². The van der Waals surface area contributed by atoms with E-state index >= 15 is 0 Å². The second-order valence-corrected chi connectivity index (χ2v) is 8.21. The van der Waals surface area contributed by atoms with Gasteiger partial charge in [0, 0.05) is 38.3 Å². The fraction of sp³-hybridized carbons (Fsp3) is 0.632. The second kappa shape index (κ2) is 9.15. The topological polar surface area (TPSA) is 53.5 Å². The quantitative estimate of drug-likeness (QED) is 0.707. The van der Waals surface area contributed by atoms with Crippen LogP contribution in [0.5, 0.6) is 0 Å². The number of carbonyl (C=O) groups is 2. The van der Waals surface area contributed by atoms with Crippen LogP contribution in [0.1, 0.15) is 37.7 Å². The Labute approximate surface area is 166 Å². The molecule has 0 saturated carbocycles. The van der Waals surface area contributed by atoms with E-state index in [1.807, 2.05) is 4.90 Å². The number of alkyl halides is 3. The molecule has 0 aromatic carbocycles. The van der Waals surface area contributed by atoms with Gasteiger partial charge in [0.05, 0.1) is 16.3 Å². The fourth-order valence-corrected chi connectivity index (χ4v) is 4.35. The first-order valence-electron chi connectivity index (χ1n) is 9.57. The van der Waals surface area contributed by atoms with Gasteiger partial charge in [-0.2, -0.15) is 13.2 Å². The lowest BCUT2D eigenvalue weighted by atomic mass is 9.94. The largest absolute Gasteiger partial charge is 0.417 e. The normalized spacial score (nSPS) is 19.0. The van der Waals surface area contributed by atoms with Gasteiger partial charge in [-0.1, -0.05) is 11.8 Å². The minimum atomic E-state index is -4.41. The number of aromatic nitrogens is 1. The molecule has 3 heterocycles. The molecule has 2 aliphatic heterocycles. The van der Waals surface area contributed by atoms with Crippen LogP contribution in [0.15, 0.2) is 23.4 Å². The van der Waals surface area contributed by atoms with Crippen molar-refractivity contribution >= 4 is 23.6 Å². The van der Waals surface area contributed by atoms with Gasteiger partial charge in [-0.3, -0.25) is 9.59 Å². The van der Waals surface area contributed by atoms with Crippen molar-refractivity contribution in [3.05, 3.63) is 23.9 Å². The zero-order chi connectivity index (χ0) is 20.1. The molecule has 0 bridgehead atoms. The molecule has 5 nitrogen and oxygen atoms in total. The van der Waals surface area contributed by atoms with Crippen molar-refractivity contribution in [1.29, 1.82) is 0 Å². The molecular weight excluding hydrogens is 391 g/mol. The molecule has 1 aromatic heterocycles. The van der Waals surface area contributed by atoms with Crippen LogP contribution in [0, 0.1) is 5.92 Å². The van der Waals surface area contributed by atoms with E-state index in [1.165, 1.54) is 12.5 Å². The van der Waals surface area contributed by atoms with Crippen LogP contribution >= 0.6 is 11.8 Å². The average molecular weight is 415 g/mol. The Morgan fingerprint density at radius 2 is 1.71 bits per heavy atom. The third kappa shape index (κ3) is 5.40. The molecule has 28 heavy (non-hydrogen) atoms. The Morgan fingerprint density at radius 3 is 2.29 bits per heavy atom. The average Bonchev–Trinajstić information content (AvgIpc) is 2.72. The zero-order valence-corrected chi connectivity index (χ0v) is 16.4. The SMILES string of the molecule is O=C(CSc1ccc(C(F)(F)F)cn1)N1CCC(C(=O)N2CCCCC2)CC1. The molecule has 1 aromatic rings. The first-order chi connectivity index (χ1) is 13.3. The number of halogens is 3. The van der Waals surface area contributed by atoms with E-state index in [0.717, 1.165) is 50.0 Å². The summed E-state index contributed by atoms with van der Waals surface area (Å²) in [6.45, 7) is 2.78. The molecule has 0 atom stereocenters. The standard InChI is InChI=1S/C19H24F3N3O2S/c20-19(21,22)15-4-5-16(23-12-15)28-13-17(26)24-10-6-14(7-11-24)18(27)25-8-2-1-3-9-25/h4-5,12,14H,1-3,6-11,13H2. The lowest BCUT2D eigenvalue weighted by Crippen LogP contribution is -2.46. The van der Waals surface area contributed by atoms with Crippen LogP contribution in [0.4, 0.5) is 13.2 Å². The van der Waals surface area contributed by atoms with Gasteiger partial charge in [0.25, 0.3) is 0 Å². The van der Waals surface area contributed by atoms with Crippen molar-refractivity contribution in [3.63, 3.8) is 0 Å². The smallest absolute Gasteiger partial charge is 0.342 e. The van der Waals surface area contributed by atoms with Crippen molar-refractivity contribution in [1.82, 2.24) is 14.8 Å². The number of hydrogen-bond acceptors (Lipinski definition) is 4. The van der Waals surface area contributed by atoms with Crippen LogP contribution < -0.4 is 0 Å². The predicted octanol–water partition coefficient (Wildman–Crippen LogP) is 3.44. The minimum absolute atomic E-state index is 0.00798. The van der Waals surface area contributed by atoms with Gasteiger partial charge in [0.1, 0.15) is 0 Å². The molecule has 2 amide bonds. The first-order valence-corrected chi connectivity index (χ1v) is 10.6. The molecule has 0 radical (unpaired) electrons. The summed E-state index contributed by atoms with van der Waals surface area (Å²) in [5.41, 5.74) is -0.802. The molecule has 9 heteroatoms. The summed E-state index contributed by atoms with van der Waals surface area (Å²) in [5, 5.41) is 0.386. The van der Waals surface area contributed by atoms with Crippen LogP contribution in [0.2, 0.25) is 0 Å². The summed E-state index contributed by atoms with van der Waals surface area (Å²) < 4.78 is 37.6. The molecule has 0 spiro atoms. The number of likely N-dealkylation sites (tertiary alicyclic amines) is 2. The lowest BCUT2D eigenvalue weighted by molar-refractivity contribution is -0.140. The molecule has 3 rings (SSSR count). The summed E-state index contributed by atoms with van der Waals surface area (Å²) in [6, 6.07) is 2.25. The zero-order valence-electron chi connectivity index (χ0n) is 15.6. The molecular formula is C19H24F3N3O2S. The highest BCUT2D eigenvalue weighted by Gasteiger charge is 2.32. The van der Waals surface area contributed by atoms with E-state index < -0.39 is 11.7 Å². The summed E-state index contributed by atoms with van der Waals surface area (Å²) >= 11 is 1.13. The Hall–Kier alpha value is -1.77. The Kier molecular flexibility index (Phi) is 6.85. The third-order valence-corrected chi connectivity index (χ3v) is 6.20. The number of rotatable bonds is 4. The third-order valence-electron chi connectivity index (χ3n) is 5.27. The first kappa shape index (κ1) is 21.0. The highest BCUT2D eigenvalue weighted by Crippen LogP contribution is 2.29. The predicted molar refractivity (Wildman–Crippen MR) is 99.7 cm³/mol. The van der Waals surface area contributed by atoms with Gasteiger partial charge in [0.15, 0.2) is 0 Å². The fourth-order valence-electron chi connectivity index (χ4n) is 3.61. The van der Waals surface area contributed by atoms with Gasteiger partial charge in [-0.05, 0) is 44.2 Å². The van der Waals surface area contributed by atoms with E-state index in [9.17, 15) is 22.8 Å². The van der Waals surface area contributed by atoms with E-state index in [4.69, 9.17) is 0 Å². The van der Waals surface area contributed by atoms with Crippen molar-refractivity contribution in [3.8, 4) is 0 Å². The summed E-state index contributed by atoms with van der Waals surface area (Å²) in [5.74, 6) is 0.264. The Balaban J connectivity index is 1.43.